The molecular formula is C26H30N8O. The molecule has 9 heteroatoms. The zero-order valence-electron chi connectivity index (χ0n) is 20.0. The van der Waals surface area contributed by atoms with Crippen molar-refractivity contribution in [2.75, 3.05) is 10.6 Å². The third kappa shape index (κ3) is 3.65. The van der Waals surface area contributed by atoms with Gasteiger partial charge in [0.2, 0.25) is 5.95 Å². The van der Waals surface area contributed by atoms with E-state index >= 15 is 0 Å². The summed E-state index contributed by atoms with van der Waals surface area (Å²) in [4.78, 5) is 9.88. The summed E-state index contributed by atoms with van der Waals surface area (Å²) in [6.07, 6.45) is 8.99. The molecule has 3 aromatic heterocycles. The summed E-state index contributed by atoms with van der Waals surface area (Å²) < 4.78 is 1.81. The molecule has 2 unspecified atom stereocenters. The van der Waals surface area contributed by atoms with E-state index in [0.29, 0.717) is 29.7 Å². The Morgan fingerprint density at radius 1 is 1.09 bits per heavy atom. The fourth-order valence-corrected chi connectivity index (χ4v) is 7.01. The van der Waals surface area contributed by atoms with Crippen molar-refractivity contribution in [3.05, 3.63) is 42.4 Å². The first-order valence-electron chi connectivity index (χ1n) is 12.5. The Morgan fingerprint density at radius 2 is 1.91 bits per heavy atom. The number of aryl methyl sites for hydroxylation is 2. The Hall–Kier alpha value is -3.46. The number of anilines is 3. The molecule has 1 aromatic carbocycles. The van der Waals surface area contributed by atoms with Crippen molar-refractivity contribution in [2.45, 2.75) is 50.7 Å². The maximum absolute atomic E-state index is 11.0. The maximum Gasteiger partial charge on any atom is 0.225 e. The van der Waals surface area contributed by atoms with E-state index in [0.717, 1.165) is 58.6 Å². The summed E-state index contributed by atoms with van der Waals surface area (Å²) in [7, 11) is 1.92. The fourth-order valence-electron chi connectivity index (χ4n) is 7.01. The first kappa shape index (κ1) is 20.9. The van der Waals surface area contributed by atoms with Crippen molar-refractivity contribution in [1.29, 1.82) is 0 Å². The largest absolute Gasteiger partial charge is 0.390 e. The molecule has 4 saturated carbocycles. The highest BCUT2D eigenvalue weighted by atomic mass is 16.3. The van der Waals surface area contributed by atoms with Crippen molar-refractivity contribution in [1.82, 2.24) is 29.9 Å². The van der Waals surface area contributed by atoms with Crippen LogP contribution in [0.3, 0.4) is 0 Å². The molecule has 4 fully saturated rings. The number of rotatable bonds is 5. The lowest BCUT2D eigenvalue weighted by Gasteiger charge is -2.58. The van der Waals surface area contributed by atoms with Gasteiger partial charge in [0.25, 0.3) is 0 Å². The van der Waals surface area contributed by atoms with Gasteiger partial charge in [0.15, 0.2) is 5.82 Å². The van der Waals surface area contributed by atoms with Crippen LogP contribution in [0.1, 0.15) is 37.8 Å². The van der Waals surface area contributed by atoms with Gasteiger partial charge >= 0.3 is 0 Å². The predicted molar refractivity (Wildman–Crippen MR) is 134 cm³/mol. The highest BCUT2D eigenvalue weighted by Gasteiger charge is 2.54. The van der Waals surface area contributed by atoms with Gasteiger partial charge in [-0.1, -0.05) is 6.07 Å². The molecule has 4 aliphatic rings. The average Bonchev–Trinajstić information content (AvgIpc) is 3.42. The molecule has 35 heavy (non-hydrogen) atoms. The number of fused-ring (bicyclic) bond motifs is 1. The normalized spacial score (nSPS) is 29.1. The molecule has 3 heterocycles. The molecular weight excluding hydrogens is 440 g/mol. The number of nitrogens with one attached hydrogen (secondary N) is 3. The Labute approximate surface area is 203 Å². The standard InChI is InChI=1S/C26H30N8O/c1-14-5-22(33-32-14)29-24-20-4-3-16(19-12-27-34(2)13-19)8-21(20)28-25(31-24)30-23-17-6-15-7-18(23)11-26(35,9-15)10-17/h3-5,8,12-13,15,17-18,23,35H,6-7,9-11H2,1-2H3,(H3,28,29,30,31,32,33). The Bertz CT molecular complexity index is 1410. The summed E-state index contributed by atoms with van der Waals surface area (Å²) in [5.41, 5.74) is 3.50. The minimum atomic E-state index is -0.456. The minimum Gasteiger partial charge on any atom is -0.390 e. The lowest BCUT2D eigenvalue weighted by molar-refractivity contribution is -0.129. The number of H-pyrrole nitrogens is 1. The lowest BCUT2D eigenvalue weighted by Crippen LogP contribution is -2.59. The first-order chi connectivity index (χ1) is 16.9. The third-order valence-corrected chi connectivity index (χ3v) is 8.22. The molecule has 0 spiro atoms. The molecule has 9 nitrogen and oxygen atoms in total. The number of benzene rings is 1. The second-order valence-corrected chi connectivity index (χ2v) is 11.0. The molecule has 4 bridgehead atoms. The molecule has 0 radical (unpaired) electrons. The number of aromatic amines is 1. The number of aromatic nitrogens is 6. The van der Waals surface area contributed by atoms with Gasteiger partial charge in [0, 0.05) is 42.0 Å². The van der Waals surface area contributed by atoms with E-state index in [1.165, 1.54) is 12.8 Å². The van der Waals surface area contributed by atoms with Gasteiger partial charge in [-0.05, 0) is 74.5 Å². The molecule has 180 valence electrons. The molecule has 4 aromatic rings. The number of hydrogen-bond acceptors (Lipinski definition) is 7. The molecule has 8 rings (SSSR count). The van der Waals surface area contributed by atoms with Crippen molar-refractivity contribution < 1.29 is 5.11 Å². The molecule has 0 saturated heterocycles. The quantitative estimate of drug-likeness (QED) is 0.346. The van der Waals surface area contributed by atoms with Gasteiger partial charge in [-0.25, -0.2) is 4.98 Å². The van der Waals surface area contributed by atoms with E-state index in [1.807, 2.05) is 32.4 Å². The van der Waals surface area contributed by atoms with E-state index in [1.54, 1.807) is 4.68 Å². The first-order valence-corrected chi connectivity index (χ1v) is 12.5. The van der Waals surface area contributed by atoms with Gasteiger partial charge < -0.3 is 15.7 Å². The van der Waals surface area contributed by atoms with Crippen LogP contribution in [-0.2, 0) is 7.05 Å². The Kier molecular flexibility index (Phi) is 4.48. The van der Waals surface area contributed by atoms with Crippen molar-refractivity contribution in [3.8, 4) is 11.1 Å². The zero-order valence-corrected chi connectivity index (χ0v) is 20.0. The molecule has 2 atom stereocenters. The van der Waals surface area contributed by atoms with Gasteiger partial charge in [-0.15, -0.1) is 0 Å². The van der Waals surface area contributed by atoms with Gasteiger partial charge in [0.05, 0.1) is 17.3 Å². The number of hydrogen-bond donors (Lipinski definition) is 4. The molecule has 0 aliphatic heterocycles. The van der Waals surface area contributed by atoms with Crippen LogP contribution in [0, 0.1) is 24.7 Å². The van der Waals surface area contributed by atoms with E-state index in [9.17, 15) is 5.11 Å². The predicted octanol–water partition coefficient (Wildman–Crippen LogP) is 4.16. The second-order valence-electron chi connectivity index (χ2n) is 11.0. The second kappa shape index (κ2) is 7.52. The summed E-state index contributed by atoms with van der Waals surface area (Å²) in [6.45, 7) is 1.98. The SMILES string of the molecule is Cc1cc(Nc2nc(NC3C4CC5CC3CC(O)(C5)C4)nc3cc(-c4cnn(C)c4)ccc23)n[nH]1. The summed E-state index contributed by atoms with van der Waals surface area (Å²) in [5, 5.41) is 30.7. The van der Waals surface area contributed by atoms with Crippen LogP contribution in [0.5, 0.6) is 0 Å². The van der Waals surface area contributed by atoms with Crippen LogP contribution in [0.2, 0.25) is 0 Å². The lowest BCUT2D eigenvalue weighted by atomic mass is 9.52. The maximum atomic E-state index is 11.0. The van der Waals surface area contributed by atoms with Gasteiger partial charge in [-0.2, -0.15) is 15.2 Å². The van der Waals surface area contributed by atoms with Crippen molar-refractivity contribution >= 4 is 28.5 Å². The zero-order chi connectivity index (χ0) is 23.7. The van der Waals surface area contributed by atoms with Crippen LogP contribution < -0.4 is 10.6 Å². The van der Waals surface area contributed by atoms with Crippen LogP contribution in [-0.4, -0.2) is 46.7 Å². The number of aliphatic hydroxyl groups is 1. The minimum absolute atomic E-state index is 0.297. The highest BCUT2D eigenvalue weighted by Crippen LogP contribution is 2.56. The van der Waals surface area contributed by atoms with E-state index in [2.05, 4.69) is 44.1 Å². The topological polar surface area (TPSA) is 117 Å². The van der Waals surface area contributed by atoms with Gasteiger partial charge in [-0.3, -0.25) is 9.78 Å². The van der Waals surface area contributed by atoms with Crippen LogP contribution in [0.4, 0.5) is 17.6 Å². The van der Waals surface area contributed by atoms with Crippen molar-refractivity contribution in [2.24, 2.45) is 24.8 Å². The smallest absolute Gasteiger partial charge is 0.225 e. The summed E-state index contributed by atoms with van der Waals surface area (Å²) in [5.74, 6) is 3.68. The van der Waals surface area contributed by atoms with E-state index < -0.39 is 5.60 Å². The summed E-state index contributed by atoms with van der Waals surface area (Å²) in [6, 6.07) is 8.49. The van der Waals surface area contributed by atoms with Crippen molar-refractivity contribution in [3.63, 3.8) is 0 Å². The molecule has 4 aliphatic carbocycles. The average molecular weight is 471 g/mol. The highest BCUT2D eigenvalue weighted by molar-refractivity contribution is 5.94. The van der Waals surface area contributed by atoms with E-state index in [-0.39, 0.29) is 0 Å². The van der Waals surface area contributed by atoms with Gasteiger partial charge in [0.1, 0.15) is 5.82 Å². The Morgan fingerprint density at radius 3 is 2.60 bits per heavy atom. The molecule has 0 amide bonds. The van der Waals surface area contributed by atoms with E-state index in [4.69, 9.17) is 9.97 Å². The van der Waals surface area contributed by atoms with Crippen LogP contribution >= 0.6 is 0 Å². The third-order valence-electron chi connectivity index (χ3n) is 8.22. The summed E-state index contributed by atoms with van der Waals surface area (Å²) >= 11 is 0. The van der Waals surface area contributed by atoms with Crippen LogP contribution in [0.25, 0.3) is 22.0 Å². The van der Waals surface area contributed by atoms with Crippen LogP contribution in [0.15, 0.2) is 36.7 Å². The number of nitrogens with zero attached hydrogens (tertiary/aromatic N) is 5. The Balaban J connectivity index is 1.27. The monoisotopic (exact) mass is 470 g/mol. The molecule has 4 N–H and O–H groups in total. The fraction of sp³-hybridized carbons (Fsp3) is 0.462.